The highest BCUT2D eigenvalue weighted by Gasteiger charge is 2.36. The molecule has 5 nitrogen and oxygen atoms in total. The monoisotopic (exact) mass is 313 g/mol. The second-order valence-electron chi connectivity index (χ2n) is 5.39. The van der Waals surface area contributed by atoms with Crippen molar-refractivity contribution in [1.82, 2.24) is 4.72 Å². The average molecular weight is 313 g/mol. The zero-order valence-electron chi connectivity index (χ0n) is 12.9. The third-order valence-electron chi connectivity index (χ3n) is 4.03. The van der Waals surface area contributed by atoms with Crippen molar-refractivity contribution in [1.29, 1.82) is 0 Å². The number of hydrogen-bond acceptors (Lipinski definition) is 3. The summed E-state index contributed by atoms with van der Waals surface area (Å²) in [4.78, 5) is 11.6. The molecule has 0 aromatic heterocycles. The van der Waals surface area contributed by atoms with Crippen molar-refractivity contribution in [3.05, 3.63) is 29.3 Å². The number of hydrogen-bond donors (Lipinski definition) is 2. The smallest absolute Gasteiger partial charge is 0.310 e. The minimum Gasteiger partial charge on any atom is -0.481 e. The fourth-order valence-corrected chi connectivity index (χ4v) is 3.64. The van der Waals surface area contributed by atoms with E-state index in [4.69, 9.17) is 0 Å². The van der Waals surface area contributed by atoms with Gasteiger partial charge in [0.25, 0.3) is 0 Å². The normalized spacial score (nSPS) is 12.4. The molecule has 0 unspecified atom stereocenters. The fourth-order valence-electron chi connectivity index (χ4n) is 2.29. The molecule has 6 heteroatoms. The maximum atomic E-state index is 12.4. The average Bonchev–Trinajstić information content (AvgIpc) is 2.39. The summed E-state index contributed by atoms with van der Waals surface area (Å²) in [7, 11) is -3.71. The van der Waals surface area contributed by atoms with Crippen molar-refractivity contribution in [2.24, 2.45) is 5.41 Å². The van der Waals surface area contributed by atoms with Gasteiger partial charge in [-0.15, -0.1) is 0 Å². The largest absolute Gasteiger partial charge is 0.481 e. The summed E-state index contributed by atoms with van der Waals surface area (Å²) in [5.41, 5.74) is 0.566. The molecule has 1 aromatic rings. The van der Waals surface area contributed by atoms with E-state index in [0.717, 1.165) is 5.56 Å². The van der Waals surface area contributed by atoms with Gasteiger partial charge in [0.15, 0.2) is 0 Å². The summed E-state index contributed by atoms with van der Waals surface area (Å²) < 4.78 is 27.2. The van der Waals surface area contributed by atoms with Crippen LogP contribution in [-0.2, 0) is 14.8 Å². The number of sulfonamides is 1. The topological polar surface area (TPSA) is 83.5 Å². The molecule has 0 aliphatic rings. The van der Waals surface area contributed by atoms with Crippen LogP contribution in [0.3, 0.4) is 0 Å². The molecule has 0 atom stereocenters. The van der Waals surface area contributed by atoms with Gasteiger partial charge in [-0.05, 0) is 38.3 Å². The number of carboxylic acids is 1. The zero-order valence-corrected chi connectivity index (χ0v) is 13.8. The first-order chi connectivity index (χ1) is 9.68. The lowest BCUT2D eigenvalue weighted by Crippen LogP contribution is -2.42. The molecule has 0 bridgehead atoms. The van der Waals surface area contributed by atoms with Crippen molar-refractivity contribution < 1.29 is 18.3 Å². The molecule has 0 spiro atoms. The van der Waals surface area contributed by atoms with E-state index < -0.39 is 21.4 Å². The van der Waals surface area contributed by atoms with Crippen molar-refractivity contribution in [2.45, 2.75) is 45.4 Å². The minimum absolute atomic E-state index is 0.106. The molecular weight excluding hydrogens is 290 g/mol. The number of benzene rings is 1. The first-order valence-corrected chi connectivity index (χ1v) is 8.47. The Morgan fingerprint density at radius 2 is 1.81 bits per heavy atom. The van der Waals surface area contributed by atoms with Crippen LogP contribution in [-0.4, -0.2) is 26.0 Å². The van der Waals surface area contributed by atoms with Gasteiger partial charge < -0.3 is 5.11 Å². The second-order valence-corrected chi connectivity index (χ2v) is 7.12. The molecule has 0 fully saturated rings. The van der Waals surface area contributed by atoms with Gasteiger partial charge >= 0.3 is 5.97 Å². The predicted octanol–water partition coefficient (Wildman–Crippen LogP) is 2.47. The molecule has 118 valence electrons. The predicted molar refractivity (Wildman–Crippen MR) is 81.8 cm³/mol. The van der Waals surface area contributed by atoms with E-state index in [1.807, 2.05) is 6.92 Å². The molecule has 0 amide bonds. The molecule has 0 aliphatic heterocycles. The molecule has 0 aliphatic carbocycles. The van der Waals surface area contributed by atoms with Crippen LogP contribution in [0.1, 0.15) is 37.8 Å². The van der Waals surface area contributed by atoms with Gasteiger partial charge in [0, 0.05) is 6.54 Å². The van der Waals surface area contributed by atoms with E-state index in [1.54, 1.807) is 39.0 Å². The molecule has 1 aromatic carbocycles. The Labute approximate surface area is 126 Å². The van der Waals surface area contributed by atoms with E-state index in [0.29, 0.717) is 18.4 Å². The van der Waals surface area contributed by atoms with Crippen LogP contribution >= 0.6 is 0 Å². The third kappa shape index (κ3) is 3.83. The molecular formula is C15H23NO4S. The second kappa shape index (κ2) is 6.58. The minimum atomic E-state index is -3.71. The lowest BCUT2D eigenvalue weighted by atomic mass is 9.83. The Hall–Kier alpha value is -1.40. The standard InChI is InChI=1S/C15H23NO4S/c1-5-15(6-2,14(17)18)10-16-21(19,20)13-8-7-11(3)9-12(13)4/h7-9,16H,5-6,10H2,1-4H3,(H,17,18). The van der Waals surface area contributed by atoms with Crippen molar-refractivity contribution in [3.63, 3.8) is 0 Å². The Morgan fingerprint density at radius 1 is 1.24 bits per heavy atom. The maximum Gasteiger partial charge on any atom is 0.310 e. The lowest BCUT2D eigenvalue weighted by molar-refractivity contribution is -0.149. The van der Waals surface area contributed by atoms with Gasteiger partial charge in [-0.25, -0.2) is 13.1 Å². The zero-order chi connectivity index (χ0) is 16.3. The van der Waals surface area contributed by atoms with Crippen LogP contribution in [0, 0.1) is 19.3 Å². The first kappa shape index (κ1) is 17.7. The molecule has 21 heavy (non-hydrogen) atoms. The van der Waals surface area contributed by atoms with E-state index >= 15 is 0 Å². The third-order valence-corrected chi connectivity index (χ3v) is 5.59. The Bertz CT molecular complexity index is 619. The highest BCUT2D eigenvalue weighted by atomic mass is 32.2. The Balaban J connectivity index is 3.03. The summed E-state index contributed by atoms with van der Waals surface area (Å²) in [5.74, 6) is -0.976. The van der Waals surface area contributed by atoms with Gasteiger partial charge in [0.1, 0.15) is 0 Å². The van der Waals surface area contributed by atoms with Gasteiger partial charge in [0.2, 0.25) is 10.0 Å². The Morgan fingerprint density at radius 3 is 2.24 bits per heavy atom. The summed E-state index contributed by atoms with van der Waals surface area (Å²) in [6.07, 6.45) is 0.739. The number of aryl methyl sites for hydroxylation is 2. The van der Waals surface area contributed by atoms with Crippen LogP contribution in [0.5, 0.6) is 0 Å². The molecule has 0 saturated carbocycles. The SMILES string of the molecule is CCC(CC)(CNS(=O)(=O)c1ccc(C)cc1C)C(=O)O. The molecule has 2 N–H and O–H groups in total. The molecule has 1 rings (SSSR count). The number of carboxylic acid groups (broad SMARTS) is 1. The van der Waals surface area contributed by atoms with Gasteiger partial charge in [-0.2, -0.15) is 0 Å². The highest BCUT2D eigenvalue weighted by Crippen LogP contribution is 2.27. The lowest BCUT2D eigenvalue weighted by Gasteiger charge is -2.26. The van der Waals surface area contributed by atoms with Gasteiger partial charge in [-0.1, -0.05) is 31.5 Å². The quantitative estimate of drug-likeness (QED) is 0.810. The van der Waals surface area contributed by atoms with Gasteiger partial charge in [0.05, 0.1) is 10.3 Å². The van der Waals surface area contributed by atoms with Crippen molar-refractivity contribution in [2.75, 3.05) is 6.54 Å². The summed E-state index contributed by atoms with van der Waals surface area (Å²) in [6.45, 7) is 7.02. The van der Waals surface area contributed by atoms with Crippen LogP contribution in [0.2, 0.25) is 0 Å². The van der Waals surface area contributed by atoms with E-state index in [9.17, 15) is 18.3 Å². The van der Waals surface area contributed by atoms with E-state index in [2.05, 4.69) is 4.72 Å². The summed E-state index contributed by atoms with van der Waals surface area (Å²) in [5, 5.41) is 9.35. The van der Waals surface area contributed by atoms with Crippen LogP contribution in [0.4, 0.5) is 0 Å². The van der Waals surface area contributed by atoms with Crippen molar-refractivity contribution >= 4 is 16.0 Å². The highest BCUT2D eigenvalue weighted by molar-refractivity contribution is 7.89. The maximum absolute atomic E-state index is 12.4. The number of nitrogens with one attached hydrogen (secondary N) is 1. The summed E-state index contributed by atoms with van der Waals surface area (Å²) >= 11 is 0. The number of rotatable bonds is 7. The number of carbonyl (C=O) groups is 1. The van der Waals surface area contributed by atoms with E-state index in [1.165, 1.54) is 0 Å². The Kier molecular flexibility index (Phi) is 5.53. The first-order valence-electron chi connectivity index (χ1n) is 6.99. The molecule has 0 saturated heterocycles. The van der Waals surface area contributed by atoms with Crippen molar-refractivity contribution in [3.8, 4) is 0 Å². The molecule has 0 heterocycles. The van der Waals surface area contributed by atoms with Crippen LogP contribution < -0.4 is 4.72 Å². The van der Waals surface area contributed by atoms with Gasteiger partial charge in [-0.3, -0.25) is 4.79 Å². The van der Waals surface area contributed by atoms with Crippen LogP contribution in [0.25, 0.3) is 0 Å². The fraction of sp³-hybridized carbons (Fsp3) is 0.533. The molecule has 0 radical (unpaired) electrons. The number of aliphatic carboxylic acids is 1. The van der Waals surface area contributed by atoms with E-state index in [-0.39, 0.29) is 11.4 Å². The van der Waals surface area contributed by atoms with Crippen LogP contribution in [0.15, 0.2) is 23.1 Å². The summed E-state index contributed by atoms with van der Waals surface area (Å²) in [6, 6.07) is 5.07.